The highest BCUT2D eigenvalue weighted by Crippen LogP contribution is 2.13. The minimum atomic E-state index is -0.265. The molecule has 0 saturated heterocycles. The third-order valence-electron chi connectivity index (χ3n) is 3.64. The van der Waals surface area contributed by atoms with Crippen LogP contribution in [-0.2, 0) is 6.54 Å². The molecule has 0 radical (unpaired) electrons. The van der Waals surface area contributed by atoms with Gasteiger partial charge in [0.15, 0.2) is 11.5 Å². The molecule has 122 valence electrons. The fourth-order valence-electron chi connectivity index (χ4n) is 2.38. The lowest BCUT2D eigenvalue weighted by molar-refractivity contribution is 0.0950. The summed E-state index contributed by atoms with van der Waals surface area (Å²) in [6, 6.07) is 9.22. The van der Waals surface area contributed by atoms with E-state index in [1.807, 2.05) is 30.3 Å². The summed E-state index contributed by atoms with van der Waals surface area (Å²) in [4.78, 5) is 29.0. The van der Waals surface area contributed by atoms with Crippen molar-refractivity contribution < 1.29 is 4.79 Å². The fraction of sp³-hybridized carbons (Fsp3) is 0.0588. The summed E-state index contributed by atoms with van der Waals surface area (Å²) >= 11 is 0. The van der Waals surface area contributed by atoms with Crippen LogP contribution in [0.25, 0.3) is 22.6 Å². The van der Waals surface area contributed by atoms with E-state index in [9.17, 15) is 4.79 Å². The molecular formula is C17H13N7O. The van der Waals surface area contributed by atoms with E-state index in [0.717, 1.165) is 11.1 Å². The van der Waals surface area contributed by atoms with Gasteiger partial charge in [0.1, 0.15) is 5.69 Å². The number of carbonyl (C=O) groups excluding carboxylic acids is 1. The Bertz CT molecular complexity index is 1010. The van der Waals surface area contributed by atoms with Gasteiger partial charge in [-0.15, -0.1) is 0 Å². The normalized spacial score (nSPS) is 10.7. The molecule has 25 heavy (non-hydrogen) atoms. The number of amides is 1. The highest BCUT2D eigenvalue weighted by Gasteiger charge is 2.11. The number of carbonyl (C=O) groups is 1. The van der Waals surface area contributed by atoms with E-state index in [-0.39, 0.29) is 5.91 Å². The van der Waals surface area contributed by atoms with E-state index in [2.05, 4.69) is 35.5 Å². The monoisotopic (exact) mass is 331 g/mol. The third kappa shape index (κ3) is 3.05. The molecule has 8 nitrogen and oxygen atoms in total. The molecule has 0 bridgehead atoms. The van der Waals surface area contributed by atoms with Crippen LogP contribution in [-0.4, -0.2) is 36.0 Å². The Hall–Kier alpha value is -3.68. The molecular weight excluding hydrogens is 318 g/mol. The van der Waals surface area contributed by atoms with E-state index < -0.39 is 0 Å². The molecule has 8 heteroatoms. The molecule has 4 heterocycles. The van der Waals surface area contributed by atoms with Crippen LogP contribution in [0.1, 0.15) is 16.1 Å². The van der Waals surface area contributed by atoms with Crippen molar-refractivity contribution in [3.8, 4) is 11.5 Å². The number of fused-ring (bicyclic) bond motifs is 1. The predicted octanol–water partition coefficient (Wildman–Crippen LogP) is 1.74. The summed E-state index contributed by atoms with van der Waals surface area (Å²) in [5.74, 6) is 0.210. The van der Waals surface area contributed by atoms with E-state index in [4.69, 9.17) is 0 Å². The van der Waals surface area contributed by atoms with E-state index in [1.54, 1.807) is 12.4 Å². The molecule has 0 aliphatic heterocycles. The topological polar surface area (TPSA) is 109 Å². The molecule has 0 spiro atoms. The molecule has 0 aliphatic carbocycles. The maximum absolute atomic E-state index is 12.3. The molecule has 4 rings (SSSR count). The van der Waals surface area contributed by atoms with Gasteiger partial charge in [-0.3, -0.25) is 14.9 Å². The van der Waals surface area contributed by atoms with Crippen LogP contribution in [0, 0.1) is 0 Å². The van der Waals surface area contributed by atoms with Crippen LogP contribution in [0.4, 0.5) is 0 Å². The quantitative estimate of drug-likeness (QED) is 0.589. The van der Waals surface area contributed by atoms with Gasteiger partial charge < -0.3 is 5.32 Å². The second-order valence-electron chi connectivity index (χ2n) is 5.27. The van der Waals surface area contributed by atoms with Gasteiger partial charge in [0.25, 0.3) is 5.91 Å². The Balaban J connectivity index is 1.46. The van der Waals surface area contributed by atoms with Crippen molar-refractivity contribution in [2.24, 2.45) is 0 Å². The number of pyridine rings is 2. The number of rotatable bonds is 4. The van der Waals surface area contributed by atoms with Gasteiger partial charge >= 0.3 is 0 Å². The average molecular weight is 331 g/mol. The maximum atomic E-state index is 12.3. The van der Waals surface area contributed by atoms with Gasteiger partial charge in [-0.1, -0.05) is 6.07 Å². The SMILES string of the molecule is O=C(NCc1[nH]nc2ncccc12)c1cnc(-c2ccccn2)nc1. The first-order chi connectivity index (χ1) is 12.3. The largest absolute Gasteiger partial charge is 0.346 e. The molecule has 0 aromatic carbocycles. The Labute approximate surface area is 142 Å². The number of aromatic nitrogens is 6. The Morgan fingerprint density at radius 1 is 1.00 bits per heavy atom. The Morgan fingerprint density at radius 2 is 1.84 bits per heavy atom. The number of hydrogen-bond acceptors (Lipinski definition) is 6. The van der Waals surface area contributed by atoms with Crippen molar-refractivity contribution in [3.63, 3.8) is 0 Å². The molecule has 1 amide bonds. The van der Waals surface area contributed by atoms with Crippen molar-refractivity contribution in [2.45, 2.75) is 6.54 Å². The molecule has 4 aromatic heterocycles. The van der Waals surface area contributed by atoms with Gasteiger partial charge in [0.2, 0.25) is 0 Å². The molecule has 2 N–H and O–H groups in total. The lowest BCUT2D eigenvalue weighted by Crippen LogP contribution is -2.23. The first kappa shape index (κ1) is 14.9. The van der Waals surface area contributed by atoms with Crippen molar-refractivity contribution in [3.05, 3.63) is 66.4 Å². The number of aromatic amines is 1. The van der Waals surface area contributed by atoms with Crippen molar-refractivity contribution in [1.29, 1.82) is 0 Å². The van der Waals surface area contributed by atoms with Gasteiger partial charge in [-0.05, 0) is 24.3 Å². The summed E-state index contributed by atoms with van der Waals surface area (Å²) in [5, 5.41) is 10.7. The second-order valence-corrected chi connectivity index (χ2v) is 5.27. The highest BCUT2D eigenvalue weighted by atomic mass is 16.1. The second kappa shape index (κ2) is 6.44. The molecule has 0 saturated carbocycles. The lowest BCUT2D eigenvalue weighted by atomic mass is 10.2. The zero-order chi connectivity index (χ0) is 17.1. The maximum Gasteiger partial charge on any atom is 0.254 e. The fourth-order valence-corrected chi connectivity index (χ4v) is 2.38. The molecule has 4 aromatic rings. The zero-order valence-electron chi connectivity index (χ0n) is 13.0. The van der Waals surface area contributed by atoms with Gasteiger partial charge in [-0.25, -0.2) is 15.0 Å². The molecule has 0 fully saturated rings. The summed E-state index contributed by atoms with van der Waals surface area (Å²) in [6.45, 7) is 0.309. The van der Waals surface area contributed by atoms with E-state index >= 15 is 0 Å². The minimum absolute atomic E-state index is 0.265. The van der Waals surface area contributed by atoms with Crippen molar-refractivity contribution >= 4 is 16.9 Å². The standard InChI is InChI=1S/C17H13N7O/c25-17(22-10-14-12-4-3-7-19-15(12)24-23-14)11-8-20-16(21-9-11)13-5-1-2-6-18-13/h1-9H,10H2,(H,22,25)(H,19,23,24). The number of H-pyrrole nitrogens is 1. The minimum Gasteiger partial charge on any atom is -0.346 e. The van der Waals surface area contributed by atoms with Crippen molar-refractivity contribution in [1.82, 2.24) is 35.5 Å². The van der Waals surface area contributed by atoms with Crippen LogP contribution >= 0.6 is 0 Å². The number of hydrogen-bond donors (Lipinski definition) is 2. The van der Waals surface area contributed by atoms with E-state index in [1.165, 1.54) is 12.4 Å². The predicted molar refractivity (Wildman–Crippen MR) is 90.3 cm³/mol. The molecule has 0 aliphatic rings. The van der Waals surface area contributed by atoms with Crippen LogP contribution in [0.2, 0.25) is 0 Å². The smallest absolute Gasteiger partial charge is 0.254 e. The van der Waals surface area contributed by atoms with Gasteiger partial charge in [0, 0.05) is 30.2 Å². The van der Waals surface area contributed by atoms with Crippen LogP contribution in [0.15, 0.2) is 55.1 Å². The Morgan fingerprint density at radius 3 is 2.64 bits per heavy atom. The highest BCUT2D eigenvalue weighted by molar-refractivity contribution is 5.93. The molecule has 0 unspecified atom stereocenters. The Kier molecular flexibility index (Phi) is 3.83. The van der Waals surface area contributed by atoms with Gasteiger partial charge in [-0.2, -0.15) is 5.10 Å². The van der Waals surface area contributed by atoms with Gasteiger partial charge in [0.05, 0.1) is 17.8 Å². The summed E-state index contributed by atoms with van der Waals surface area (Å²) in [6.07, 6.45) is 6.31. The van der Waals surface area contributed by atoms with Crippen molar-refractivity contribution in [2.75, 3.05) is 0 Å². The number of nitrogens with one attached hydrogen (secondary N) is 2. The number of nitrogens with zero attached hydrogens (tertiary/aromatic N) is 5. The first-order valence-electron chi connectivity index (χ1n) is 7.61. The molecule has 0 atom stereocenters. The van der Waals surface area contributed by atoms with Crippen LogP contribution in [0.5, 0.6) is 0 Å². The summed E-state index contributed by atoms with van der Waals surface area (Å²) in [7, 11) is 0. The summed E-state index contributed by atoms with van der Waals surface area (Å²) in [5.41, 5.74) is 2.45. The summed E-state index contributed by atoms with van der Waals surface area (Å²) < 4.78 is 0. The van der Waals surface area contributed by atoms with Crippen LogP contribution < -0.4 is 5.32 Å². The third-order valence-corrected chi connectivity index (χ3v) is 3.64. The van der Waals surface area contributed by atoms with Crippen LogP contribution in [0.3, 0.4) is 0 Å². The zero-order valence-corrected chi connectivity index (χ0v) is 13.0. The van der Waals surface area contributed by atoms with E-state index in [0.29, 0.717) is 29.3 Å². The first-order valence-corrected chi connectivity index (χ1v) is 7.61. The lowest BCUT2D eigenvalue weighted by Gasteiger charge is -2.04. The average Bonchev–Trinajstić information content (AvgIpc) is 3.10.